The minimum absolute atomic E-state index is 0.0942. The highest BCUT2D eigenvalue weighted by atomic mass is 16.5. The Kier molecular flexibility index (Phi) is 6.08. The van der Waals surface area contributed by atoms with Crippen LogP contribution in [0, 0.1) is 11.8 Å². The van der Waals surface area contributed by atoms with Gasteiger partial charge in [-0.15, -0.1) is 0 Å². The smallest absolute Gasteiger partial charge is 0.308 e. The Hall–Kier alpha value is -1.88. The number of likely N-dealkylation sites (tertiary alicyclic amines) is 1. The monoisotopic (exact) mass is 345 g/mol. The molecular weight excluding hydrogens is 318 g/mol. The van der Waals surface area contributed by atoms with Gasteiger partial charge in [-0.3, -0.25) is 9.59 Å². The quantitative estimate of drug-likeness (QED) is 0.861. The van der Waals surface area contributed by atoms with E-state index >= 15 is 0 Å². The zero-order valence-corrected chi connectivity index (χ0v) is 14.6. The van der Waals surface area contributed by atoms with Crippen LogP contribution in [0.3, 0.4) is 0 Å². The molecule has 2 fully saturated rings. The molecule has 2 aliphatic rings. The molecule has 2 aliphatic heterocycles. The van der Waals surface area contributed by atoms with Crippen molar-refractivity contribution in [3.8, 4) is 0 Å². The van der Waals surface area contributed by atoms with Crippen molar-refractivity contribution in [3.63, 3.8) is 0 Å². The zero-order valence-electron chi connectivity index (χ0n) is 14.6. The van der Waals surface area contributed by atoms with Gasteiger partial charge >= 0.3 is 5.97 Å². The molecule has 0 aromatic heterocycles. The molecule has 0 saturated carbocycles. The Balaban J connectivity index is 1.53. The van der Waals surface area contributed by atoms with Crippen LogP contribution in [0.15, 0.2) is 30.3 Å². The summed E-state index contributed by atoms with van der Waals surface area (Å²) in [5.41, 5.74) is 1.01. The summed E-state index contributed by atoms with van der Waals surface area (Å²) in [5, 5.41) is 9.54. The lowest BCUT2D eigenvalue weighted by molar-refractivity contribution is -0.141. The molecule has 1 aromatic carbocycles. The van der Waals surface area contributed by atoms with Gasteiger partial charge in [-0.25, -0.2) is 0 Å². The highest BCUT2D eigenvalue weighted by Crippen LogP contribution is 2.33. The van der Waals surface area contributed by atoms with E-state index in [2.05, 4.69) is 0 Å². The normalized spacial score (nSPS) is 24.4. The number of amides is 1. The van der Waals surface area contributed by atoms with Crippen molar-refractivity contribution in [2.45, 2.75) is 38.0 Å². The summed E-state index contributed by atoms with van der Waals surface area (Å²) in [4.78, 5) is 25.9. The third kappa shape index (κ3) is 4.60. The van der Waals surface area contributed by atoms with E-state index in [-0.39, 0.29) is 11.8 Å². The average Bonchev–Trinajstić information content (AvgIpc) is 3.09. The molecule has 5 nitrogen and oxygen atoms in total. The largest absolute Gasteiger partial charge is 0.481 e. The Bertz CT molecular complexity index is 583. The van der Waals surface area contributed by atoms with Crippen LogP contribution >= 0.6 is 0 Å². The van der Waals surface area contributed by atoms with E-state index in [9.17, 15) is 14.7 Å². The van der Waals surface area contributed by atoms with Gasteiger partial charge in [0.1, 0.15) is 0 Å². The summed E-state index contributed by atoms with van der Waals surface area (Å²) in [6.07, 6.45) is 4.65. The number of carbonyl (C=O) groups is 2. The van der Waals surface area contributed by atoms with E-state index in [1.54, 1.807) is 4.90 Å². The molecule has 2 heterocycles. The Morgan fingerprint density at radius 2 is 1.84 bits per heavy atom. The first-order valence-corrected chi connectivity index (χ1v) is 9.28. The van der Waals surface area contributed by atoms with Gasteiger partial charge in [-0.2, -0.15) is 0 Å². The molecule has 136 valence electrons. The lowest BCUT2D eigenvalue weighted by Gasteiger charge is -2.22. The Morgan fingerprint density at radius 1 is 1.12 bits per heavy atom. The maximum atomic E-state index is 12.5. The molecule has 2 atom stereocenters. The summed E-state index contributed by atoms with van der Waals surface area (Å²) < 4.78 is 5.37. The Morgan fingerprint density at radius 3 is 2.52 bits per heavy atom. The molecule has 25 heavy (non-hydrogen) atoms. The van der Waals surface area contributed by atoms with Crippen LogP contribution in [-0.4, -0.2) is 48.2 Å². The van der Waals surface area contributed by atoms with E-state index in [1.165, 1.54) is 0 Å². The molecule has 1 N–H and O–H groups in total. The van der Waals surface area contributed by atoms with Crippen molar-refractivity contribution in [2.75, 3.05) is 26.3 Å². The summed E-state index contributed by atoms with van der Waals surface area (Å²) in [6.45, 7) is 2.51. The Labute approximate surface area is 149 Å². The first-order chi connectivity index (χ1) is 12.1. The second kappa shape index (κ2) is 8.48. The number of hydrogen-bond acceptors (Lipinski definition) is 3. The lowest BCUT2D eigenvalue weighted by Crippen LogP contribution is -2.29. The predicted molar refractivity (Wildman–Crippen MR) is 94.3 cm³/mol. The summed E-state index contributed by atoms with van der Waals surface area (Å²) in [7, 11) is 0. The number of ether oxygens (including phenoxy) is 1. The standard InChI is InChI=1S/C20H27NO4/c22-19(8-4-5-15-9-11-25-12-10-15)21-13-17(18(14-21)20(23)24)16-6-2-1-3-7-16/h1-3,6-7,15,17-18H,4-5,8-14H2,(H,23,24). The molecule has 0 spiro atoms. The van der Waals surface area contributed by atoms with Crippen LogP contribution < -0.4 is 0 Å². The van der Waals surface area contributed by atoms with E-state index in [0.717, 1.165) is 44.5 Å². The average molecular weight is 345 g/mol. The van der Waals surface area contributed by atoms with E-state index in [0.29, 0.717) is 25.4 Å². The van der Waals surface area contributed by atoms with E-state index < -0.39 is 11.9 Å². The molecule has 0 aliphatic carbocycles. The predicted octanol–water partition coefficient (Wildman–Crippen LogP) is 2.91. The fourth-order valence-electron chi connectivity index (χ4n) is 4.03. The van der Waals surface area contributed by atoms with Gasteiger partial charge in [-0.1, -0.05) is 30.3 Å². The molecule has 2 unspecified atom stereocenters. The van der Waals surface area contributed by atoms with Gasteiger partial charge in [0, 0.05) is 38.6 Å². The fraction of sp³-hybridized carbons (Fsp3) is 0.600. The molecule has 0 radical (unpaired) electrons. The van der Waals surface area contributed by atoms with Crippen molar-refractivity contribution in [2.24, 2.45) is 11.8 Å². The van der Waals surface area contributed by atoms with Crippen molar-refractivity contribution in [1.29, 1.82) is 0 Å². The number of carbonyl (C=O) groups excluding carboxylic acids is 1. The van der Waals surface area contributed by atoms with E-state index in [4.69, 9.17) is 4.74 Å². The van der Waals surface area contributed by atoms with Crippen molar-refractivity contribution >= 4 is 11.9 Å². The van der Waals surface area contributed by atoms with Crippen LogP contribution in [0.4, 0.5) is 0 Å². The molecule has 3 rings (SSSR count). The maximum absolute atomic E-state index is 12.5. The third-order valence-electron chi connectivity index (χ3n) is 5.56. The molecular formula is C20H27NO4. The van der Waals surface area contributed by atoms with Crippen LogP contribution in [0.25, 0.3) is 0 Å². The number of carboxylic acids is 1. The van der Waals surface area contributed by atoms with Gasteiger partial charge in [-0.05, 0) is 37.2 Å². The molecule has 0 bridgehead atoms. The van der Waals surface area contributed by atoms with Crippen molar-refractivity contribution in [3.05, 3.63) is 35.9 Å². The van der Waals surface area contributed by atoms with Gasteiger partial charge < -0.3 is 14.7 Å². The summed E-state index contributed by atoms with van der Waals surface area (Å²) >= 11 is 0. The number of benzene rings is 1. The lowest BCUT2D eigenvalue weighted by atomic mass is 9.89. The summed E-state index contributed by atoms with van der Waals surface area (Å²) in [6, 6.07) is 9.69. The molecule has 1 amide bonds. The highest BCUT2D eigenvalue weighted by molar-refractivity contribution is 5.79. The second-order valence-corrected chi connectivity index (χ2v) is 7.21. The second-order valence-electron chi connectivity index (χ2n) is 7.21. The molecule has 2 saturated heterocycles. The first kappa shape index (κ1) is 17.9. The maximum Gasteiger partial charge on any atom is 0.308 e. The zero-order chi connectivity index (χ0) is 17.6. The first-order valence-electron chi connectivity index (χ1n) is 9.28. The fourth-order valence-corrected chi connectivity index (χ4v) is 4.03. The van der Waals surface area contributed by atoms with Crippen molar-refractivity contribution in [1.82, 2.24) is 4.90 Å². The van der Waals surface area contributed by atoms with Gasteiger partial charge in [0.15, 0.2) is 0 Å². The van der Waals surface area contributed by atoms with Gasteiger partial charge in [0.2, 0.25) is 5.91 Å². The van der Waals surface area contributed by atoms with Crippen LogP contribution in [0.5, 0.6) is 0 Å². The van der Waals surface area contributed by atoms with Gasteiger partial charge in [0.05, 0.1) is 5.92 Å². The molecule has 5 heteroatoms. The molecule has 1 aromatic rings. The highest BCUT2D eigenvalue weighted by Gasteiger charge is 2.40. The topological polar surface area (TPSA) is 66.8 Å². The van der Waals surface area contributed by atoms with Crippen LogP contribution in [0.1, 0.15) is 43.6 Å². The number of rotatable bonds is 6. The number of carboxylic acid groups (broad SMARTS) is 1. The third-order valence-corrected chi connectivity index (χ3v) is 5.56. The van der Waals surface area contributed by atoms with E-state index in [1.807, 2.05) is 30.3 Å². The van der Waals surface area contributed by atoms with Gasteiger partial charge in [0.25, 0.3) is 0 Å². The van der Waals surface area contributed by atoms with Crippen molar-refractivity contribution < 1.29 is 19.4 Å². The number of nitrogens with zero attached hydrogens (tertiary/aromatic N) is 1. The minimum atomic E-state index is -0.814. The number of hydrogen-bond donors (Lipinski definition) is 1. The van der Waals surface area contributed by atoms with Crippen LogP contribution in [0.2, 0.25) is 0 Å². The summed E-state index contributed by atoms with van der Waals surface area (Å²) in [5.74, 6) is -0.674. The number of aliphatic carboxylic acids is 1. The SMILES string of the molecule is O=C(O)C1CN(C(=O)CCCC2CCOCC2)CC1c1ccccc1. The van der Waals surface area contributed by atoms with Crippen LogP contribution in [-0.2, 0) is 14.3 Å². The minimum Gasteiger partial charge on any atom is -0.481 e.